The van der Waals surface area contributed by atoms with Gasteiger partial charge in [-0.2, -0.15) is 17.8 Å². The van der Waals surface area contributed by atoms with Crippen molar-refractivity contribution >= 4 is 16.1 Å². The van der Waals surface area contributed by atoms with E-state index in [4.69, 9.17) is 5.14 Å². The molecule has 1 aromatic heterocycles. The summed E-state index contributed by atoms with van der Waals surface area (Å²) in [6.45, 7) is 2.88. The lowest BCUT2D eigenvalue weighted by molar-refractivity contribution is 0.0691. The number of carbonyl (C=O) groups excluding carboxylic acids is 1. The van der Waals surface area contributed by atoms with Crippen LogP contribution in [0.2, 0.25) is 0 Å². The van der Waals surface area contributed by atoms with Crippen molar-refractivity contribution < 1.29 is 13.2 Å². The predicted molar refractivity (Wildman–Crippen MR) is 88.9 cm³/mol. The molecule has 2 heterocycles. The van der Waals surface area contributed by atoms with E-state index >= 15 is 0 Å². The molecule has 0 bridgehead atoms. The van der Waals surface area contributed by atoms with Gasteiger partial charge in [-0.1, -0.05) is 18.2 Å². The summed E-state index contributed by atoms with van der Waals surface area (Å²) in [5.41, 5.74) is 2.08. The van der Waals surface area contributed by atoms with Gasteiger partial charge in [0.2, 0.25) is 0 Å². The second kappa shape index (κ2) is 6.34. The molecule has 0 radical (unpaired) electrons. The Bertz CT molecular complexity index is 839. The van der Waals surface area contributed by atoms with Gasteiger partial charge in [0.1, 0.15) is 0 Å². The minimum Gasteiger partial charge on any atom is -0.335 e. The van der Waals surface area contributed by atoms with E-state index in [0.717, 1.165) is 11.4 Å². The Labute approximate surface area is 140 Å². The van der Waals surface area contributed by atoms with Crippen LogP contribution in [0, 0.1) is 6.92 Å². The number of aromatic nitrogens is 2. The largest absolute Gasteiger partial charge is 0.335 e. The number of hydrogen-bond acceptors (Lipinski definition) is 4. The van der Waals surface area contributed by atoms with Gasteiger partial charge in [-0.15, -0.1) is 0 Å². The summed E-state index contributed by atoms with van der Waals surface area (Å²) >= 11 is 0. The number of para-hydroxylation sites is 1. The Balaban J connectivity index is 1.75. The summed E-state index contributed by atoms with van der Waals surface area (Å²) in [5, 5.41) is 9.50. The van der Waals surface area contributed by atoms with Crippen molar-refractivity contribution in [3.05, 3.63) is 47.8 Å². The summed E-state index contributed by atoms with van der Waals surface area (Å²) in [4.78, 5) is 14.2. The third-order valence-electron chi connectivity index (χ3n) is 3.99. The van der Waals surface area contributed by atoms with Crippen LogP contribution in [0.4, 0.5) is 0 Å². The number of benzene rings is 1. The highest BCUT2D eigenvalue weighted by Crippen LogP contribution is 2.14. The Morgan fingerprint density at radius 3 is 2.33 bits per heavy atom. The molecule has 1 saturated heterocycles. The SMILES string of the molecule is Cc1cc(C(=O)N2CCN(S(N)(=O)=O)CC2)nn1-c1ccccc1. The molecule has 1 fully saturated rings. The molecule has 3 rings (SSSR count). The molecule has 0 unspecified atom stereocenters. The molecule has 0 atom stereocenters. The summed E-state index contributed by atoms with van der Waals surface area (Å²) in [7, 11) is -3.70. The van der Waals surface area contributed by atoms with Crippen molar-refractivity contribution in [2.75, 3.05) is 26.2 Å². The van der Waals surface area contributed by atoms with Crippen LogP contribution in [0.15, 0.2) is 36.4 Å². The van der Waals surface area contributed by atoms with Gasteiger partial charge >= 0.3 is 0 Å². The van der Waals surface area contributed by atoms with E-state index < -0.39 is 10.2 Å². The zero-order chi connectivity index (χ0) is 17.3. The third-order valence-corrected chi connectivity index (χ3v) is 5.08. The second-order valence-corrected chi connectivity index (χ2v) is 7.20. The van der Waals surface area contributed by atoms with Crippen LogP contribution >= 0.6 is 0 Å². The van der Waals surface area contributed by atoms with E-state index in [-0.39, 0.29) is 19.0 Å². The average molecular weight is 349 g/mol. The first-order valence-electron chi connectivity index (χ1n) is 7.55. The van der Waals surface area contributed by atoms with Crippen molar-refractivity contribution in [3.8, 4) is 5.69 Å². The first kappa shape index (κ1) is 16.6. The summed E-state index contributed by atoms with van der Waals surface area (Å²) in [5.74, 6) is -0.207. The normalized spacial score (nSPS) is 16.3. The van der Waals surface area contributed by atoms with Gasteiger partial charge in [-0.3, -0.25) is 4.79 Å². The van der Waals surface area contributed by atoms with Gasteiger partial charge in [0.05, 0.1) is 5.69 Å². The molecular weight excluding hydrogens is 330 g/mol. The monoisotopic (exact) mass is 349 g/mol. The van der Waals surface area contributed by atoms with E-state index in [9.17, 15) is 13.2 Å². The molecule has 1 aromatic carbocycles. The van der Waals surface area contributed by atoms with Crippen molar-refractivity contribution in [1.29, 1.82) is 0 Å². The third kappa shape index (κ3) is 3.32. The van der Waals surface area contributed by atoms with E-state index in [1.165, 1.54) is 4.31 Å². The Kier molecular flexibility index (Phi) is 4.39. The number of piperazine rings is 1. The maximum atomic E-state index is 12.6. The number of rotatable bonds is 3. The van der Waals surface area contributed by atoms with E-state index in [1.54, 1.807) is 15.6 Å². The van der Waals surface area contributed by atoms with Gasteiger partial charge < -0.3 is 4.90 Å². The van der Waals surface area contributed by atoms with Crippen molar-refractivity contribution in [2.24, 2.45) is 5.14 Å². The molecule has 1 amide bonds. The first-order valence-corrected chi connectivity index (χ1v) is 9.06. The second-order valence-electron chi connectivity index (χ2n) is 5.65. The van der Waals surface area contributed by atoms with Crippen LogP contribution in [0.25, 0.3) is 5.69 Å². The van der Waals surface area contributed by atoms with Crippen LogP contribution in [0.5, 0.6) is 0 Å². The van der Waals surface area contributed by atoms with Crippen LogP contribution in [-0.4, -0.2) is 59.5 Å². The van der Waals surface area contributed by atoms with E-state index in [0.29, 0.717) is 18.8 Å². The number of carbonyl (C=O) groups is 1. The standard InChI is InChI=1S/C15H19N5O3S/c1-12-11-14(17-20(12)13-5-3-2-4-6-13)15(21)18-7-9-19(10-8-18)24(16,22)23/h2-6,11H,7-10H2,1H3,(H2,16,22,23). The lowest BCUT2D eigenvalue weighted by Gasteiger charge is -2.32. The molecule has 0 spiro atoms. The number of nitrogens with zero attached hydrogens (tertiary/aromatic N) is 4. The molecule has 24 heavy (non-hydrogen) atoms. The molecule has 1 aliphatic rings. The zero-order valence-electron chi connectivity index (χ0n) is 13.3. The lowest BCUT2D eigenvalue weighted by Crippen LogP contribution is -2.52. The van der Waals surface area contributed by atoms with Gasteiger partial charge in [0.15, 0.2) is 5.69 Å². The molecule has 0 aliphatic carbocycles. The molecule has 2 N–H and O–H groups in total. The fourth-order valence-electron chi connectivity index (χ4n) is 2.72. The fourth-order valence-corrected chi connectivity index (χ4v) is 3.39. The van der Waals surface area contributed by atoms with E-state index in [1.807, 2.05) is 37.3 Å². The fraction of sp³-hybridized carbons (Fsp3) is 0.333. The Hall–Kier alpha value is -2.23. The van der Waals surface area contributed by atoms with Crippen LogP contribution in [-0.2, 0) is 10.2 Å². The summed E-state index contributed by atoms with van der Waals surface area (Å²) in [6.07, 6.45) is 0. The highest BCUT2D eigenvalue weighted by molar-refractivity contribution is 7.86. The van der Waals surface area contributed by atoms with Crippen LogP contribution in [0.1, 0.15) is 16.2 Å². The van der Waals surface area contributed by atoms with Crippen molar-refractivity contribution in [3.63, 3.8) is 0 Å². The minimum absolute atomic E-state index is 0.197. The molecule has 9 heteroatoms. The maximum Gasteiger partial charge on any atom is 0.277 e. The molecule has 0 saturated carbocycles. The van der Waals surface area contributed by atoms with Crippen LogP contribution < -0.4 is 5.14 Å². The van der Waals surface area contributed by atoms with Gasteiger partial charge in [0, 0.05) is 31.9 Å². The lowest BCUT2D eigenvalue weighted by atomic mass is 10.3. The number of aryl methyl sites for hydroxylation is 1. The highest BCUT2D eigenvalue weighted by Gasteiger charge is 2.28. The minimum atomic E-state index is -3.70. The average Bonchev–Trinajstić information content (AvgIpc) is 2.96. The number of amides is 1. The topological polar surface area (TPSA) is 102 Å². The molecule has 128 valence electrons. The van der Waals surface area contributed by atoms with Gasteiger partial charge in [-0.05, 0) is 25.1 Å². The van der Waals surface area contributed by atoms with Crippen molar-refractivity contribution in [2.45, 2.75) is 6.92 Å². The number of nitrogens with two attached hydrogens (primary N) is 1. The molecule has 2 aromatic rings. The van der Waals surface area contributed by atoms with Gasteiger partial charge in [0.25, 0.3) is 16.1 Å². The number of hydrogen-bond donors (Lipinski definition) is 1. The van der Waals surface area contributed by atoms with Gasteiger partial charge in [-0.25, -0.2) is 9.82 Å². The Morgan fingerprint density at radius 1 is 1.12 bits per heavy atom. The molecular formula is C15H19N5O3S. The first-order chi connectivity index (χ1) is 11.4. The maximum absolute atomic E-state index is 12.6. The molecule has 1 aliphatic heterocycles. The smallest absolute Gasteiger partial charge is 0.277 e. The highest BCUT2D eigenvalue weighted by atomic mass is 32.2. The summed E-state index contributed by atoms with van der Waals surface area (Å²) in [6, 6.07) is 11.3. The summed E-state index contributed by atoms with van der Waals surface area (Å²) < 4.78 is 25.5. The molecule has 8 nitrogen and oxygen atoms in total. The van der Waals surface area contributed by atoms with Crippen molar-refractivity contribution in [1.82, 2.24) is 19.0 Å². The Morgan fingerprint density at radius 2 is 1.75 bits per heavy atom. The van der Waals surface area contributed by atoms with E-state index in [2.05, 4.69) is 5.10 Å². The van der Waals surface area contributed by atoms with Crippen LogP contribution in [0.3, 0.4) is 0 Å². The predicted octanol–water partition coefficient (Wildman–Crippen LogP) is 0.142. The quantitative estimate of drug-likeness (QED) is 0.852. The zero-order valence-corrected chi connectivity index (χ0v) is 14.1.